The van der Waals surface area contributed by atoms with Crippen molar-refractivity contribution in [3.63, 3.8) is 0 Å². The summed E-state index contributed by atoms with van der Waals surface area (Å²) in [4.78, 5) is 14.2. The fourth-order valence-electron chi connectivity index (χ4n) is 3.36. The van der Waals surface area contributed by atoms with E-state index in [2.05, 4.69) is 10.2 Å². The Morgan fingerprint density at radius 2 is 2.06 bits per heavy atom. The molecule has 3 rings (SSSR count). The lowest BCUT2D eigenvalue weighted by molar-refractivity contribution is 0.189. The van der Waals surface area contributed by atoms with Crippen molar-refractivity contribution in [1.29, 1.82) is 0 Å². The summed E-state index contributed by atoms with van der Waals surface area (Å²) in [6.07, 6.45) is 5.00. The van der Waals surface area contributed by atoms with Gasteiger partial charge in [-0.3, -0.25) is 0 Å². The van der Waals surface area contributed by atoms with Crippen LogP contribution in [0.5, 0.6) is 0 Å². The van der Waals surface area contributed by atoms with E-state index in [9.17, 15) is 4.79 Å². The summed E-state index contributed by atoms with van der Waals surface area (Å²) in [6, 6.07) is 10.7. The Bertz CT molecular complexity index is 418. The number of nitrogens with zero attached hydrogens (tertiary/aromatic N) is 1. The predicted molar refractivity (Wildman–Crippen MR) is 71.1 cm³/mol. The molecule has 1 aliphatic heterocycles. The van der Waals surface area contributed by atoms with Gasteiger partial charge in [0.25, 0.3) is 0 Å². The Balaban J connectivity index is 1.56. The molecule has 1 saturated heterocycles. The number of carbonyl (C=O) groups excluding carboxylic acids is 1. The highest BCUT2D eigenvalue weighted by Crippen LogP contribution is 2.37. The van der Waals surface area contributed by atoms with Crippen LogP contribution in [0.25, 0.3) is 0 Å². The van der Waals surface area contributed by atoms with E-state index < -0.39 is 0 Å². The lowest BCUT2D eigenvalue weighted by Gasteiger charge is -2.24. The molecular weight excluding hydrogens is 224 g/mol. The van der Waals surface area contributed by atoms with Crippen molar-refractivity contribution in [2.75, 3.05) is 6.54 Å². The third-order valence-corrected chi connectivity index (χ3v) is 4.31. The number of rotatable bonds is 2. The molecule has 2 fully saturated rings. The number of hydrogen-bond donors (Lipinski definition) is 1. The van der Waals surface area contributed by atoms with Gasteiger partial charge in [-0.05, 0) is 30.7 Å². The second-order valence-electron chi connectivity index (χ2n) is 5.38. The topological polar surface area (TPSA) is 32.3 Å². The summed E-state index contributed by atoms with van der Waals surface area (Å²) in [5, 5.41) is 3.04. The largest absolute Gasteiger partial charge is 0.334 e. The molecule has 0 aromatic heterocycles. The van der Waals surface area contributed by atoms with Crippen molar-refractivity contribution in [1.82, 2.24) is 10.2 Å². The average Bonchev–Trinajstić information content (AvgIpc) is 2.99. The summed E-state index contributed by atoms with van der Waals surface area (Å²) >= 11 is 0. The zero-order valence-corrected chi connectivity index (χ0v) is 10.6. The highest BCUT2D eigenvalue weighted by molar-refractivity contribution is 5.75. The molecule has 2 atom stereocenters. The molecule has 0 spiro atoms. The molecule has 2 amide bonds. The molecule has 1 aromatic rings. The molecule has 96 valence electrons. The minimum atomic E-state index is 0.119. The summed E-state index contributed by atoms with van der Waals surface area (Å²) < 4.78 is 0. The van der Waals surface area contributed by atoms with Gasteiger partial charge in [0.15, 0.2) is 0 Å². The summed E-state index contributed by atoms with van der Waals surface area (Å²) in [6.45, 7) is 1.57. The standard InChI is InChI=1S/C15H20N2O/c18-15(16-11-12-5-2-1-3-6-12)17-10-9-13-7-4-8-14(13)17/h1-3,5-6,13-14H,4,7-11H2,(H,16,18). The molecule has 2 unspecified atom stereocenters. The number of amides is 2. The van der Waals surface area contributed by atoms with E-state index >= 15 is 0 Å². The SMILES string of the molecule is O=C(NCc1ccccc1)N1CCC2CCCC21. The molecule has 3 heteroatoms. The van der Waals surface area contributed by atoms with Gasteiger partial charge >= 0.3 is 6.03 Å². The van der Waals surface area contributed by atoms with Crippen LogP contribution in [0.4, 0.5) is 4.79 Å². The molecule has 1 aromatic carbocycles. The quantitative estimate of drug-likeness (QED) is 0.852. The normalized spacial score (nSPS) is 26.1. The molecule has 2 aliphatic rings. The van der Waals surface area contributed by atoms with Gasteiger partial charge < -0.3 is 10.2 Å². The maximum atomic E-state index is 12.2. The van der Waals surface area contributed by atoms with Gasteiger partial charge in [0.1, 0.15) is 0 Å². The predicted octanol–water partition coefficient (Wildman–Crippen LogP) is 2.77. The lowest BCUT2D eigenvalue weighted by Crippen LogP contribution is -2.42. The van der Waals surface area contributed by atoms with E-state index in [1.165, 1.54) is 25.7 Å². The zero-order valence-electron chi connectivity index (χ0n) is 10.6. The van der Waals surface area contributed by atoms with Gasteiger partial charge in [-0.25, -0.2) is 4.79 Å². The number of fused-ring (bicyclic) bond motifs is 1. The first-order valence-corrected chi connectivity index (χ1v) is 6.93. The Kier molecular flexibility index (Phi) is 3.22. The molecule has 18 heavy (non-hydrogen) atoms. The fraction of sp³-hybridized carbons (Fsp3) is 0.533. The number of urea groups is 1. The molecule has 0 bridgehead atoms. The van der Waals surface area contributed by atoms with E-state index in [1.807, 2.05) is 30.3 Å². The fourth-order valence-corrected chi connectivity index (χ4v) is 3.36. The van der Waals surface area contributed by atoms with E-state index in [-0.39, 0.29) is 6.03 Å². The van der Waals surface area contributed by atoms with E-state index in [0.717, 1.165) is 18.0 Å². The molecule has 1 N–H and O–H groups in total. The van der Waals surface area contributed by atoms with Crippen molar-refractivity contribution < 1.29 is 4.79 Å². The van der Waals surface area contributed by atoms with Crippen LogP contribution in [-0.2, 0) is 6.54 Å². The minimum absolute atomic E-state index is 0.119. The molecule has 1 heterocycles. The number of benzene rings is 1. The van der Waals surface area contributed by atoms with Gasteiger partial charge in [-0.15, -0.1) is 0 Å². The second kappa shape index (κ2) is 5.01. The zero-order chi connectivity index (χ0) is 12.4. The third kappa shape index (κ3) is 2.22. The van der Waals surface area contributed by atoms with Gasteiger partial charge in [-0.1, -0.05) is 36.8 Å². The first-order chi connectivity index (χ1) is 8.84. The number of likely N-dealkylation sites (tertiary alicyclic amines) is 1. The van der Waals surface area contributed by atoms with E-state index in [0.29, 0.717) is 12.6 Å². The van der Waals surface area contributed by atoms with Crippen LogP contribution in [-0.4, -0.2) is 23.5 Å². The third-order valence-electron chi connectivity index (χ3n) is 4.31. The molecule has 3 nitrogen and oxygen atoms in total. The van der Waals surface area contributed by atoms with Crippen LogP contribution in [0.2, 0.25) is 0 Å². The van der Waals surface area contributed by atoms with Gasteiger partial charge in [-0.2, -0.15) is 0 Å². The van der Waals surface area contributed by atoms with Crippen molar-refractivity contribution >= 4 is 6.03 Å². The monoisotopic (exact) mass is 244 g/mol. The molecule has 1 aliphatic carbocycles. The molecular formula is C15H20N2O. The van der Waals surface area contributed by atoms with Crippen molar-refractivity contribution in [3.05, 3.63) is 35.9 Å². The average molecular weight is 244 g/mol. The van der Waals surface area contributed by atoms with Gasteiger partial charge in [0.05, 0.1) is 0 Å². The van der Waals surface area contributed by atoms with Crippen LogP contribution in [0.15, 0.2) is 30.3 Å². The van der Waals surface area contributed by atoms with Crippen LogP contribution in [0, 0.1) is 5.92 Å². The Hall–Kier alpha value is -1.51. The van der Waals surface area contributed by atoms with Crippen molar-refractivity contribution in [2.45, 2.75) is 38.3 Å². The maximum Gasteiger partial charge on any atom is 0.317 e. The summed E-state index contributed by atoms with van der Waals surface area (Å²) in [7, 11) is 0. The van der Waals surface area contributed by atoms with Crippen LogP contribution < -0.4 is 5.32 Å². The van der Waals surface area contributed by atoms with E-state index in [1.54, 1.807) is 0 Å². The van der Waals surface area contributed by atoms with Crippen LogP contribution in [0.3, 0.4) is 0 Å². The highest BCUT2D eigenvalue weighted by atomic mass is 16.2. The Morgan fingerprint density at radius 3 is 2.89 bits per heavy atom. The smallest absolute Gasteiger partial charge is 0.317 e. The Morgan fingerprint density at radius 1 is 1.22 bits per heavy atom. The van der Waals surface area contributed by atoms with Crippen molar-refractivity contribution in [2.24, 2.45) is 5.92 Å². The molecule has 1 saturated carbocycles. The molecule has 0 radical (unpaired) electrons. The van der Waals surface area contributed by atoms with Crippen LogP contribution >= 0.6 is 0 Å². The summed E-state index contributed by atoms with van der Waals surface area (Å²) in [5.41, 5.74) is 1.16. The Labute approximate surface area is 108 Å². The highest BCUT2D eigenvalue weighted by Gasteiger charge is 2.39. The summed E-state index contributed by atoms with van der Waals surface area (Å²) in [5.74, 6) is 0.771. The first-order valence-electron chi connectivity index (χ1n) is 6.93. The lowest BCUT2D eigenvalue weighted by atomic mass is 10.1. The number of nitrogens with one attached hydrogen (secondary N) is 1. The van der Waals surface area contributed by atoms with Crippen LogP contribution in [0.1, 0.15) is 31.2 Å². The van der Waals surface area contributed by atoms with Gasteiger partial charge in [0.2, 0.25) is 0 Å². The van der Waals surface area contributed by atoms with E-state index in [4.69, 9.17) is 0 Å². The maximum absolute atomic E-state index is 12.2. The number of hydrogen-bond acceptors (Lipinski definition) is 1. The number of carbonyl (C=O) groups is 1. The van der Waals surface area contributed by atoms with Gasteiger partial charge in [0, 0.05) is 19.1 Å². The van der Waals surface area contributed by atoms with Crippen molar-refractivity contribution in [3.8, 4) is 0 Å². The minimum Gasteiger partial charge on any atom is -0.334 e. The second-order valence-corrected chi connectivity index (χ2v) is 5.38. The first kappa shape index (κ1) is 11.6.